The summed E-state index contributed by atoms with van der Waals surface area (Å²) in [6.45, 7) is 3.37. The monoisotopic (exact) mass is 356 g/mol. The third-order valence-electron chi connectivity index (χ3n) is 4.01. The van der Waals surface area contributed by atoms with Crippen molar-refractivity contribution in [2.75, 3.05) is 26.2 Å². The molecular formula is C16H16N6O2S. The minimum absolute atomic E-state index is 0.0782. The Morgan fingerprint density at radius 3 is 2.84 bits per heavy atom. The molecule has 8 nitrogen and oxygen atoms in total. The fourth-order valence-electron chi connectivity index (χ4n) is 2.70. The summed E-state index contributed by atoms with van der Waals surface area (Å²) >= 11 is 1.58. The Morgan fingerprint density at radius 2 is 2.12 bits per heavy atom. The van der Waals surface area contributed by atoms with Crippen LogP contribution in [0.1, 0.15) is 16.4 Å². The van der Waals surface area contributed by atoms with Gasteiger partial charge in [-0.1, -0.05) is 11.2 Å². The maximum atomic E-state index is 12.4. The Kier molecular flexibility index (Phi) is 4.49. The predicted molar refractivity (Wildman–Crippen MR) is 90.8 cm³/mol. The van der Waals surface area contributed by atoms with Crippen LogP contribution in [0.3, 0.4) is 0 Å². The maximum absolute atomic E-state index is 12.4. The quantitative estimate of drug-likeness (QED) is 0.701. The van der Waals surface area contributed by atoms with Crippen LogP contribution in [0, 0.1) is 0 Å². The number of rotatable bonds is 4. The van der Waals surface area contributed by atoms with E-state index in [1.807, 2.05) is 17.5 Å². The first-order chi connectivity index (χ1) is 12.3. The normalized spacial score (nSPS) is 15.4. The van der Waals surface area contributed by atoms with Gasteiger partial charge in [-0.25, -0.2) is 4.98 Å². The van der Waals surface area contributed by atoms with Crippen molar-refractivity contribution >= 4 is 17.2 Å². The molecule has 128 valence electrons. The molecule has 4 rings (SSSR count). The predicted octanol–water partition coefficient (Wildman–Crippen LogP) is 1.55. The summed E-state index contributed by atoms with van der Waals surface area (Å²) in [5.41, 5.74) is 0.383. The van der Waals surface area contributed by atoms with E-state index in [2.05, 4.69) is 25.0 Å². The van der Waals surface area contributed by atoms with Crippen LogP contribution in [0.4, 0.5) is 0 Å². The molecular weight excluding hydrogens is 340 g/mol. The standard InChI is InChI=1S/C16H16N6O2S/c23-16(12-10-17-3-4-18-12)22-7-5-21(6-8-22)11-14-19-15(20-24-14)13-2-1-9-25-13/h1-4,9-10H,5-8,11H2. The first-order valence-electron chi connectivity index (χ1n) is 7.94. The number of carbonyl (C=O) groups excluding carboxylic acids is 1. The van der Waals surface area contributed by atoms with E-state index in [0.29, 0.717) is 37.0 Å². The van der Waals surface area contributed by atoms with E-state index < -0.39 is 0 Å². The molecule has 0 N–H and O–H groups in total. The number of hydrogen-bond acceptors (Lipinski definition) is 8. The number of hydrogen-bond donors (Lipinski definition) is 0. The largest absolute Gasteiger partial charge is 0.338 e. The zero-order chi connectivity index (χ0) is 17.1. The molecule has 0 aliphatic carbocycles. The highest BCUT2D eigenvalue weighted by molar-refractivity contribution is 7.13. The van der Waals surface area contributed by atoms with Gasteiger partial charge in [0.25, 0.3) is 5.91 Å². The molecule has 4 heterocycles. The Labute approximate surface area is 148 Å². The van der Waals surface area contributed by atoms with Crippen molar-refractivity contribution < 1.29 is 9.32 Å². The Morgan fingerprint density at radius 1 is 1.24 bits per heavy atom. The van der Waals surface area contributed by atoms with E-state index in [9.17, 15) is 4.79 Å². The van der Waals surface area contributed by atoms with Crippen LogP contribution in [0.25, 0.3) is 10.7 Å². The summed E-state index contributed by atoms with van der Waals surface area (Å²) in [6.07, 6.45) is 4.59. The molecule has 3 aromatic rings. The summed E-state index contributed by atoms with van der Waals surface area (Å²) in [5, 5.41) is 6.01. The summed E-state index contributed by atoms with van der Waals surface area (Å²) in [6, 6.07) is 3.93. The topological polar surface area (TPSA) is 88.3 Å². The minimum Gasteiger partial charge on any atom is -0.338 e. The number of piperazine rings is 1. The second-order valence-electron chi connectivity index (χ2n) is 5.65. The Bertz CT molecular complexity index is 827. The zero-order valence-corrected chi connectivity index (χ0v) is 14.2. The van der Waals surface area contributed by atoms with Crippen molar-refractivity contribution in [3.63, 3.8) is 0 Å². The summed E-state index contributed by atoms with van der Waals surface area (Å²) in [4.78, 5) is 29.8. The molecule has 3 aromatic heterocycles. The van der Waals surface area contributed by atoms with Gasteiger partial charge < -0.3 is 9.42 Å². The van der Waals surface area contributed by atoms with Crippen LogP contribution in [0.2, 0.25) is 0 Å². The molecule has 1 aliphatic heterocycles. The molecule has 1 aliphatic rings. The van der Waals surface area contributed by atoms with Gasteiger partial charge in [-0.05, 0) is 11.4 Å². The summed E-state index contributed by atoms with van der Waals surface area (Å²) < 4.78 is 5.34. The molecule has 25 heavy (non-hydrogen) atoms. The lowest BCUT2D eigenvalue weighted by Crippen LogP contribution is -2.48. The lowest BCUT2D eigenvalue weighted by Gasteiger charge is -2.33. The maximum Gasteiger partial charge on any atom is 0.274 e. The van der Waals surface area contributed by atoms with E-state index in [4.69, 9.17) is 4.52 Å². The molecule has 0 unspecified atom stereocenters. The molecule has 0 spiro atoms. The van der Waals surface area contributed by atoms with Crippen LogP contribution in [-0.2, 0) is 6.54 Å². The van der Waals surface area contributed by atoms with Gasteiger partial charge in [0.1, 0.15) is 5.69 Å². The van der Waals surface area contributed by atoms with E-state index in [1.165, 1.54) is 12.4 Å². The van der Waals surface area contributed by atoms with Crippen molar-refractivity contribution in [3.8, 4) is 10.7 Å². The Hall–Kier alpha value is -2.65. The lowest BCUT2D eigenvalue weighted by atomic mass is 10.3. The summed E-state index contributed by atoms with van der Waals surface area (Å²) in [7, 11) is 0. The van der Waals surface area contributed by atoms with Crippen molar-refractivity contribution in [2.45, 2.75) is 6.54 Å². The van der Waals surface area contributed by atoms with Crippen LogP contribution >= 0.6 is 11.3 Å². The van der Waals surface area contributed by atoms with E-state index in [1.54, 1.807) is 22.4 Å². The second-order valence-corrected chi connectivity index (χ2v) is 6.60. The van der Waals surface area contributed by atoms with Crippen LogP contribution in [0.5, 0.6) is 0 Å². The fraction of sp³-hybridized carbons (Fsp3) is 0.312. The molecule has 0 aromatic carbocycles. The van der Waals surface area contributed by atoms with Gasteiger partial charge in [-0.15, -0.1) is 11.3 Å². The minimum atomic E-state index is -0.0782. The van der Waals surface area contributed by atoms with Gasteiger partial charge in [0.05, 0.1) is 17.6 Å². The fourth-order valence-corrected chi connectivity index (χ4v) is 3.35. The average Bonchev–Trinajstić information content (AvgIpc) is 3.34. The van der Waals surface area contributed by atoms with Gasteiger partial charge in [-0.2, -0.15) is 4.98 Å². The summed E-state index contributed by atoms with van der Waals surface area (Å²) in [5.74, 6) is 1.14. The van der Waals surface area contributed by atoms with Gasteiger partial charge in [-0.3, -0.25) is 14.7 Å². The van der Waals surface area contributed by atoms with Crippen LogP contribution in [-0.4, -0.2) is 62.0 Å². The van der Waals surface area contributed by atoms with Crippen molar-refractivity contribution in [1.82, 2.24) is 29.9 Å². The molecule has 0 bridgehead atoms. The second kappa shape index (κ2) is 7.08. The number of carbonyl (C=O) groups is 1. The average molecular weight is 356 g/mol. The number of aromatic nitrogens is 4. The first kappa shape index (κ1) is 15.9. The highest BCUT2D eigenvalue weighted by Crippen LogP contribution is 2.21. The molecule has 0 atom stereocenters. The van der Waals surface area contributed by atoms with Crippen molar-refractivity contribution in [1.29, 1.82) is 0 Å². The van der Waals surface area contributed by atoms with E-state index in [0.717, 1.165) is 18.0 Å². The third kappa shape index (κ3) is 3.57. The lowest BCUT2D eigenvalue weighted by molar-refractivity contribution is 0.0609. The van der Waals surface area contributed by atoms with Crippen molar-refractivity contribution in [3.05, 3.63) is 47.7 Å². The zero-order valence-electron chi connectivity index (χ0n) is 13.4. The third-order valence-corrected chi connectivity index (χ3v) is 4.88. The van der Waals surface area contributed by atoms with Crippen LogP contribution in [0.15, 0.2) is 40.6 Å². The SMILES string of the molecule is O=C(c1cnccn1)N1CCN(Cc2nc(-c3cccs3)no2)CC1. The molecule has 1 saturated heterocycles. The highest BCUT2D eigenvalue weighted by Gasteiger charge is 2.24. The van der Waals surface area contributed by atoms with E-state index in [-0.39, 0.29) is 5.91 Å². The first-order valence-corrected chi connectivity index (χ1v) is 8.81. The van der Waals surface area contributed by atoms with Crippen molar-refractivity contribution in [2.24, 2.45) is 0 Å². The van der Waals surface area contributed by atoms with Gasteiger partial charge in [0.15, 0.2) is 0 Å². The molecule has 1 amide bonds. The molecule has 9 heteroatoms. The smallest absolute Gasteiger partial charge is 0.274 e. The van der Waals surface area contributed by atoms with Gasteiger partial charge in [0.2, 0.25) is 11.7 Å². The van der Waals surface area contributed by atoms with Gasteiger partial charge in [0, 0.05) is 38.6 Å². The molecule has 0 radical (unpaired) electrons. The van der Waals surface area contributed by atoms with Gasteiger partial charge >= 0.3 is 0 Å². The van der Waals surface area contributed by atoms with E-state index >= 15 is 0 Å². The highest BCUT2D eigenvalue weighted by atomic mass is 32.1. The molecule has 0 saturated carbocycles. The number of nitrogens with zero attached hydrogens (tertiary/aromatic N) is 6. The van der Waals surface area contributed by atoms with Crippen LogP contribution < -0.4 is 0 Å². The molecule has 1 fully saturated rings. The number of amides is 1. The Balaban J connectivity index is 1.33. The number of thiophene rings is 1.